The van der Waals surface area contributed by atoms with E-state index in [1.54, 1.807) is 0 Å². The van der Waals surface area contributed by atoms with Crippen LogP contribution in [-0.4, -0.2) is 18.5 Å². The van der Waals surface area contributed by atoms with Gasteiger partial charge in [0.25, 0.3) is 0 Å². The Balaban J connectivity index is 1.97. The number of rotatable bonds is 2. The van der Waals surface area contributed by atoms with Gasteiger partial charge in [0, 0.05) is 24.7 Å². The van der Waals surface area contributed by atoms with Crippen LogP contribution in [0.25, 0.3) is 0 Å². The molecule has 1 fully saturated rings. The molecular formula is C13H18N2O. The predicted octanol–water partition coefficient (Wildman–Crippen LogP) is 2.08. The lowest BCUT2D eigenvalue weighted by molar-refractivity contribution is -0.120. The van der Waals surface area contributed by atoms with Crippen molar-refractivity contribution in [3.63, 3.8) is 0 Å². The van der Waals surface area contributed by atoms with Gasteiger partial charge in [-0.1, -0.05) is 17.7 Å². The molecule has 1 amide bonds. The topological polar surface area (TPSA) is 41.1 Å². The van der Waals surface area contributed by atoms with Gasteiger partial charge in [0.1, 0.15) is 0 Å². The number of aryl methyl sites for hydroxylation is 1. The fourth-order valence-corrected chi connectivity index (χ4v) is 1.98. The van der Waals surface area contributed by atoms with E-state index in [1.165, 1.54) is 5.56 Å². The lowest BCUT2D eigenvalue weighted by Crippen LogP contribution is -2.26. The molecule has 0 bridgehead atoms. The number of carbonyl (C=O) groups is 1. The van der Waals surface area contributed by atoms with E-state index in [9.17, 15) is 4.79 Å². The summed E-state index contributed by atoms with van der Waals surface area (Å²) >= 11 is 0. The quantitative estimate of drug-likeness (QED) is 0.798. The monoisotopic (exact) mass is 218 g/mol. The van der Waals surface area contributed by atoms with Crippen molar-refractivity contribution >= 4 is 11.6 Å². The van der Waals surface area contributed by atoms with E-state index in [2.05, 4.69) is 41.8 Å². The second-order valence-corrected chi connectivity index (χ2v) is 4.40. The average molecular weight is 218 g/mol. The van der Waals surface area contributed by atoms with E-state index in [4.69, 9.17) is 0 Å². The minimum Gasteiger partial charge on any atom is -0.382 e. The Morgan fingerprint density at radius 2 is 2.06 bits per heavy atom. The van der Waals surface area contributed by atoms with Gasteiger partial charge in [0.05, 0.1) is 0 Å². The first-order valence-corrected chi connectivity index (χ1v) is 5.84. The van der Waals surface area contributed by atoms with Crippen molar-refractivity contribution in [1.29, 1.82) is 0 Å². The highest BCUT2D eigenvalue weighted by molar-refractivity contribution is 5.77. The molecule has 1 atom stereocenters. The number of amides is 1. The number of hydrogen-bond donors (Lipinski definition) is 2. The van der Waals surface area contributed by atoms with Crippen LogP contribution in [0, 0.1) is 6.92 Å². The molecule has 1 aliphatic rings. The van der Waals surface area contributed by atoms with Crippen molar-refractivity contribution in [2.75, 3.05) is 11.9 Å². The number of anilines is 1. The molecule has 0 spiro atoms. The summed E-state index contributed by atoms with van der Waals surface area (Å²) < 4.78 is 0. The van der Waals surface area contributed by atoms with Crippen LogP contribution in [0.4, 0.5) is 5.69 Å². The Morgan fingerprint density at radius 1 is 1.31 bits per heavy atom. The van der Waals surface area contributed by atoms with E-state index >= 15 is 0 Å². The van der Waals surface area contributed by atoms with Crippen LogP contribution in [-0.2, 0) is 4.79 Å². The zero-order valence-corrected chi connectivity index (χ0v) is 9.62. The van der Waals surface area contributed by atoms with Crippen LogP contribution < -0.4 is 10.6 Å². The predicted molar refractivity (Wildman–Crippen MR) is 65.5 cm³/mol. The molecule has 0 saturated carbocycles. The van der Waals surface area contributed by atoms with E-state index in [0.717, 1.165) is 25.1 Å². The second kappa shape index (κ2) is 5.01. The van der Waals surface area contributed by atoms with E-state index < -0.39 is 0 Å². The van der Waals surface area contributed by atoms with Crippen LogP contribution >= 0.6 is 0 Å². The highest BCUT2D eigenvalue weighted by atomic mass is 16.1. The summed E-state index contributed by atoms with van der Waals surface area (Å²) in [4.78, 5) is 11.4. The van der Waals surface area contributed by atoms with Gasteiger partial charge >= 0.3 is 0 Å². The van der Waals surface area contributed by atoms with Gasteiger partial charge in [-0.05, 0) is 31.9 Å². The fourth-order valence-electron chi connectivity index (χ4n) is 1.98. The second-order valence-electron chi connectivity index (χ2n) is 4.40. The molecule has 2 rings (SSSR count). The first-order valence-electron chi connectivity index (χ1n) is 5.84. The number of nitrogens with one attached hydrogen (secondary N) is 2. The van der Waals surface area contributed by atoms with Gasteiger partial charge in [-0.3, -0.25) is 4.79 Å². The minimum atomic E-state index is 0.155. The molecule has 1 aromatic carbocycles. The van der Waals surface area contributed by atoms with Crippen LogP contribution in [0.3, 0.4) is 0 Å². The maximum Gasteiger partial charge on any atom is 0.222 e. The van der Waals surface area contributed by atoms with E-state index in [1.807, 2.05) is 0 Å². The number of carbonyl (C=O) groups excluding carboxylic acids is 1. The van der Waals surface area contributed by atoms with Crippen LogP contribution in [0.5, 0.6) is 0 Å². The summed E-state index contributed by atoms with van der Waals surface area (Å²) in [6.07, 6.45) is 2.68. The maximum atomic E-state index is 11.4. The Hall–Kier alpha value is -1.51. The van der Waals surface area contributed by atoms with Gasteiger partial charge in [-0.25, -0.2) is 0 Å². The van der Waals surface area contributed by atoms with Gasteiger partial charge in [-0.2, -0.15) is 0 Å². The molecule has 0 aromatic heterocycles. The molecule has 0 radical (unpaired) electrons. The molecular weight excluding hydrogens is 200 g/mol. The van der Waals surface area contributed by atoms with Crippen molar-refractivity contribution in [2.24, 2.45) is 0 Å². The van der Waals surface area contributed by atoms with Crippen molar-refractivity contribution in [3.8, 4) is 0 Å². The number of hydrogen-bond acceptors (Lipinski definition) is 2. The van der Waals surface area contributed by atoms with Gasteiger partial charge in [0.15, 0.2) is 0 Å². The van der Waals surface area contributed by atoms with Gasteiger partial charge in [0.2, 0.25) is 5.91 Å². The highest BCUT2D eigenvalue weighted by Crippen LogP contribution is 2.15. The first-order chi connectivity index (χ1) is 7.74. The zero-order valence-electron chi connectivity index (χ0n) is 9.62. The van der Waals surface area contributed by atoms with Crippen LogP contribution in [0.1, 0.15) is 24.8 Å². The Labute approximate surface area is 96.2 Å². The van der Waals surface area contributed by atoms with Gasteiger partial charge < -0.3 is 10.6 Å². The molecule has 3 nitrogen and oxygen atoms in total. The van der Waals surface area contributed by atoms with Gasteiger partial charge in [-0.15, -0.1) is 0 Å². The average Bonchev–Trinajstić information content (AvgIpc) is 2.46. The Bertz CT molecular complexity index is 359. The summed E-state index contributed by atoms with van der Waals surface area (Å²) in [5.41, 5.74) is 2.36. The third-order valence-electron chi connectivity index (χ3n) is 2.91. The molecule has 1 aliphatic heterocycles. The summed E-state index contributed by atoms with van der Waals surface area (Å²) in [6.45, 7) is 2.88. The van der Waals surface area contributed by atoms with Crippen molar-refractivity contribution in [3.05, 3.63) is 29.8 Å². The maximum absolute atomic E-state index is 11.4. The fraction of sp³-hybridized carbons (Fsp3) is 0.462. The molecule has 1 unspecified atom stereocenters. The molecule has 1 saturated heterocycles. The van der Waals surface area contributed by atoms with Crippen LogP contribution in [0.2, 0.25) is 0 Å². The molecule has 16 heavy (non-hydrogen) atoms. The Kier molecular flexibility index (Phi) is 3.44. The lowest BCUT2D eigenvalue weighted by atomic mass is 10.1. The van der Waals surface area contributed by atoms with Crippen molar-refractivity contribution in [2.45, 2.75) is 32.2 Å². The normalized spacial score (nSPS) is 21.1. The summed E-state index contributed by atoms with van der Waals surface area (Å²) in [6, 6.07) is 8.57. The molecule has 3 heteroatoms. The third kappa shape index (κ3) is 2.99. The van der Waals surface area contributed by atoms with Crippen LogP contribution in [0.15, 0.2) is 24.3 Å². The van der Waals surface area contributed by atoms with Crippen molar-refractivity contribution in [1.82, 2.24) is 5.32 Å². The summed E-state index contributed by atoms with van der Waals surface area (Å²) in [7, 11) is 0. The lowest BCUT2D eigenvalue weighted by Gasteiger charge is -2.16. The molecule has 86 valence electrons. The molecule has 0 aliphatic carbocycles. The standard InChI is InChI=1S/C13H18N2O/c1-10-4-6-11(7-5-10)15-12-3-2-8-14-13(16)9-12/h4-7,12,15H,2-3,8-9H2,1H3,(H,14,16). The van der Waals surface area contributed by atoms with E-state index in [-0.39, 0.29) is 11.9 Å². The summed E-state index contributed by atoms with van der Waals surface area (Å²) in [5.74, 6) is 0.155. The molecule has 1 aromatic rings. The highest BCUT2D eigenvalue weighted by Gasteiger charge is 2.16. The molecule has 2 N–H and O–H groups in total. The van der Waals surface area contributed by atoms with E-state index in [0.29, 0.717) is 6.42 Å². The smallest absolute Gasteiger partial charge is 0.222 e. The zero-order chi connectivity index (χ0) is 11.4. The van der Waals surface area contributed by atoms with Crippen molar-refractivity contribution < 1.29 is 4.79 Å². The number of benzene rings is 1. The third-order valence-corrected chi connectivity index (χ3v) is 2.91. The minimum absolute atomic E-state index is 0.155. The summed E-state index contributed by atoms with van der Waals surface area (Å²) in [5, 5.41) is 6.31. The first kappa shape index (κ1) is 11.0. The SMILES string of the molecule is Cc1ccc(NC2CCCNC(=O)C2)cc1. The Morgan fingerprint density at radius 3 is 2.81 bits per heavy atom. The largest absolute Gasteiger partial charge is 0.382 e. The molecule has 1 heterocycles.